The van der Waals surface area contributed by atoms with Gasteiger partial charge in [-0.2, -0.15) is 0 Å². The largest absolute Gasteiger partial charge is 0.370 e. The molecular formula is C46H58Cl4N8O8. The SMILES string of the molecule is CCCN(CCC)c1ccc([N+](=O)[O-])cc1Cl.CN(c1ccc([N+](=O)[O-])cc1Cl)C1CCCCC1.O=[N+]([O-])c1ccc(N2CCCC2)c(Cl)c1.O=[N+]([O-])c1ccc(N2CCCCC2)c(Cl)c1. The minimum Gasteiger partial charge on any atom is -0.370 e. The van der Waals surface area contributed by atoms with Gasteiger partial charge in [0.15, 0.2) is 0 Å². The third-order valence-corrected chi connectivity index (χ3v) is 12.8. The van der Waals surface area contributed by atoms with E-state index in [1.807, 2.05) is 7.05 Å². The molecule has 0 aromatic heterocycles. The molecule has 0 atom stereocenters. The quantitative estimate of drug-likeness (QED) is 0.0913. The van der Waals surface area contributed by atoms with E-state index in [9.17, 15) is 40.5 Å². The summed E-state index contributed by atoms with van der Waals surface area (Å²) in [7, 11) is 2.02. The molecule has 4 aromatic rings. The number of rotatable bonds is 13. The number of anilines is 4. The first-order chi connectivity index (χ1) is 31.6. The van der Waals surface area contributed by atoms with Crippen LogP contribution < -0.4 is 19.6 Å². The molecule has 0 N–H and O–H groups in total. The van der Waals surface area contributed by atoms with E-state index in [0.717, 1.165) is 101 Å². The molecule has 2 heterocycles. The van der Waals surface area contributed by atoms with E-state index in [1.165, 1.54) is 87.1 Å². The van der Waals surface area contributed by atoms with Crippen molar-refractivity contribution in [3.05, 3.63) is 133 Å². The van der Waals surface area contributed by atoms with Gasteiger partial charge in [0, 0.05) is 101 Å². The molecule has 0 amide bonds. The Morgan fingerprint density at radius 1 is 0.500 bits per heavy atom. The number of non-ortho nitro benzene ring substituents is 4. The van der Waals surface area contributed by atoms with Gasteiger partial charge in [-0.25, -0.2) is 0 Å². The maximum absolute atomic E-state index is 10.7. The van der Waals surface area contributed by atoms with Crippen LogP contribution in [0.1, 0.15) is 90.9 Å². The predicted molar refractivity (Wildman–Crippen MR) is 268 cm³/mol. The zero-order valence-electron chi connectivity index (χ0n) is 37.6. The third kappa shape index (κ3) is 15.7. The smallest absolute Gasteiger partial charge is 0.271 e. The molecule has 66 heavy (non-hydrogen) atoms. The van der Waals surface area contributed by atoms with Crippen molar-refractivity contribution in [1.29, 1.82) is 0 Å². The van der Waals surface area contributed by atoms with Gasteiger partial charge in [0.25, 0.3) is 22.7 Å². The fourth-order valence-electron chi connectivity index (χ4n) is 8.14. The van der Waals surface area contributed by atoms with Crippen molar-refractivity contribution in [3.63, 3.8) is 0 Å². The lowest BCUT2D eigenvalue weighted by Crippen LogP contribution is -2.33. The topological polar surface area (TPSA) is 186 Å². The first-order valence-electron chi connectivity index (χ1n) is 22.3. The van der Waals surface area contributed by atoms with Gasteiger partial charge in [-0.15, -0.1) is 0 Å². The molecule has 2 saturated heterocycles. The molecule has 20 heteroatoms. The summed E-state index contributed by atoms with van der Waals surface area (Å²) in [5.74, 6) is 0. The van der Waals surface area contributed by atoms with Crippen molar-refractivity contribution < 1.29 is 19.7 Å². The summed E-state index contributed by atoms with van der Waals surface area (Å²) in [5.41, 5.74) is 3.74. The number of nitrogens with zero attached hydrogens (tertiary/aromatic N) is 8. The summed E-state index contributed by atoms with van der Waals surface area (Å²) in [6.45, 7) is 9.95. The summed E-state index contributed by atoms with van der Waals surface area (Å²) >= 11 is 24.3. The zero-order chi connectivity index (χ0) is 48.3. The van der Waals surface area contributed by atoms with Gasteiger partial charge in [-0.05, 0) is 82.1 Å². The average molecular weight is 993 g/mol. The van der Waals surface area contributed by atoms with Gasteiger partial charge in [0.1, 0.15) is 0 Å². The summed E-state index contributed by atoms with van der Waals surface area (Å²) in [4.78, 5) is 49.3. The molecule has 0 unspecified atom stereocenters. The molecule has 0 spiro atoms. The predicted octanol–water partition coefficient (Wildman–Crippen LogP) is 14.0. The van der Waals surface area contributed by atoms with Crippen LogP contribution in [0.4, 0.5) is 45.5 Å². The second kappa shape index (κ2) is 26.9. The molecule has 3 fully saturated rings. The average Bonchev–Trinajstić information content (AvgIpc) is 3.85. The number of nitro benzene ring substituents is 4. The van der Waals surface area contributed by atoms with Crippen LogP contribution in [0.3, 0.4) is 0 Å². The summed E-state index contributed by atoms with van der Waals surface area (Å²) in [6.07, 6.45) is 14.1. The molecule has 0 radical (unpaired) electrons. The number of hydrogen-bond acceptors (Lipinski definition) is 12. The molecule has 3 aliphatic rings. The molecule has 2 aliphatic heterocycles. The molecule has 358 valence electrons. The van der Waals surface area contributed by atoms with Gasteiger partial charge in [0.05, 0.1) is 62.5 Å². The molecule has 4 aromatic carbocycles. The monoisotopic (exact) mass is 990 g/mol. The Hall–Kier alpha value is -5.16. The van der Waals surface area contributed by atoms with Gasteiger partial charge in [0.2, 0.25) is 0 Å². The van der Waals surface area contributed by atoms with Gasteiger partial charge in [-0.1, -0.05) is 79.5 Å². The van der Waals surface area contributed by atoms with E-state index in [1.54, 1.807) is 24.3 Å². The maximum Gasteiger partial charge on any atom is 0.271 e. The Bertz CT molecular complexity index is 2250. The van der Waals surface area contributed by atoms with Gasteiger partial charge >= 0.3 is 0 Å². The van der Waals surface area contributed by atoms with E-state index in [0.29, 0.717) is 26.1 Å². The fraction of sp³-hybridized carbons (Fsp3) is 0.478. The normalized spacial score (nSPS) is 14.7. The lowest BCUT2D eigenvalue weighted by atomic mass is 9.94. The van der Waals surface area contributed by atoms with E-state index in [-0.39, 0.29) is 22.7 Å². The van der Waals surface area contributed by atoms with Crippen molar-refractivity contribution in [2.45, 2.75) is 96.9 Å². The molecule has 0 bridgehead atoms. The zero-order valence-corrected chi connectivity index (χ0v) is 40.6. The second-order valence-electron chi connectivity index (χ2n) is 16.2. The molecular weight excluding hydrogens is 934 g/mol. The number of benzene rings is 4. The van der Waals surface area contributed by atoms with Crippen LogP contribution in [0, 0.1) is 40.5 Å². The Balaban J connectivity index is 0.000000193. The minimum atomic E-state index is -0.431. The summed E-state index contributed by atoms with van der Waals surface area (Å²) < 4.78 is 0. The number of halogens is 4. The van der Waals surface area contributed by atoms with Crippen LogP contribution >= 0.6 is 46.4 Å². The Labute approximate surface area is 405 Å². The first kappa shape index (κ1) is 53.5. The van der Waals surface area contributed by atoms with Crippen LogP contribution in [0.5, 0.6) is 0 Å². The van der Waals surface area contributed by atoms with E-state index < -0.39 is 19.7 Å². The highest BCUT2D eigenvalue weighted by Gasteiger charge is 2.22. The molecule has 1 saturated carbocycles. The fourth-order valence-corrected chi connectivity index (χ4v) is 9.33. The Kier molecular flexibility index (Phi) is 21.7. The third-order valence-electron chi connectivity index (χ3n) is 11.5. The van der Waals surface area contributed by atoms with E-state index in [2.05, 4.69) is 33.4 Å². The van der Waals surface area contributed by atoms with Crippen molar-refractivity contribution >= 4 is 91.9 Å². The highest BCUT2D eigenvalue weighted by molar-refractivity contribution is 6.34. The lowest BCUT2D eigenvalue weighted by molar-refractivity contribution is -0.385. The van der Waals surface area contributed by atoms with Gasteiger partial charge in [-0.3, -0.25) is 40.5 Å². The van der Waals surface area contributed by atoms with Crippen LogP contribution in [-0.2, 0) is 0 Å². The Morgan fingerprint density at radius 2 is 0.833 bits per heavy atom. The standard InChI is InChI=1S/C13H17ClN2O2.C12H17ClN2O2.C11H13ClN2O2.C10H11ClN2O2/c1-15(10-5-3-2-4-6-10)13-8-7-11(16(17)18)9-12(13)14;1-3-7-14(8-4-2)12-6-5-10(15(16)17)9-11(12)13;12-10-8-9(14(15)16)4-5-11(10)13-6-2-1-3-7-13;11-9-7-8(13(14)15)3-4-10(9)12-5-1-2-6-12/h7-10H,2-6H2,1H3;5-6,9H,3-4,7-8H2,1-2H3;4-5,8H,1-3,6-7H2;3-4,7H,1-2,5-6H2. The number of nitro groups is 4. The van der Waals surface area contributed by atoms with Crippen LogP contribution in [-0.4, -0.2) is 72.1 Å². The molecule has 1 aliphatic carbocycles. The van der Waals surface area contributed by atoms with Crippen LogP contribution in [0.15, 0.2) is 72.8 Å². The maximum atomic E-state index is 10.7. The second-order valence-corrected chi connectivity index (χ2v) is 17.8. The van der Waals surface area contributed by atoms with Crippen molar-refractivity contribution in [1.82, 2.24) is 0 Å². The summed E-state index contributed by atoms with van der Waals surface area (Å²) in [6, 6.07) is 19.1. The molecule has 7 rings (SSSR count). The minimum absolute atomic E-state index is 0.0340. The van der Waals surface area contributed by atoms with E-state index >= 15 is 0 Å². The van der Waals surface area contributed by atoms with Crippen molar-refractivity contribution in [3.8, 4) is 0 Å². The van der Waals surface area contributed by atoms with Gasteiger partial charge < -0.3 is 19.6 Å². The highest BCUT2D eigenvalue weighted by Crippen LogP contribution is 2.35. The first-order valence-corrected chi connectivity index (χ1v) is 23.8. The van der Waals surface area contributed by atoms with Crippen molar-refractivity contribution in [2.75, 3.05) is 65.9 Å². The van der Waals surface area contributed by atoms with E-state index in [4.69, 9.17) is 46.4 Å². The lowest BCUT2D eigenvalue weighted by Gasteiger charge is -2.33. The van der Waals surface area contributed by atoms with Crippen molar-refractivity contribution in [2.24, 2.45) is 0 Å². The summed E-state index contributed by atoms with van der Waals surface area (Å²) in [5, 5.41) is 44.2. The Morgan fingerprint density at radius 3 is 1.18 bits per heavy atom. The number of hydrogen-bond donors (Lipinski definition) is 0. The highest BCUT2D eigenvalue weighted by atomic mass is 35.5. The number of piperidine rings is 1. The van der Waals surface area contributed by atoms with Crippen LogP contribution in [0.2, 0.25) is 20.1 Å². The molecule has 16 nitrogen and oxygen atoms in total. The van der Waals surface area contributed by atoms with Crippen LogP contribution in [0.25, 0.3) is 0 Å².